The smallest absolute Gasteiger partial charge is 0.235 e. The first kappa shape index (κ1) is 16.3. The standard InChI is InChI=1S/C19H23N3O3/c23-18(21-16-12-20-22(13-16)17-6-9-25-14-17)19(7-10-24-11-8-19)15-4-2-1-3-5-15/h1-5,12-13,17H,6-11,14H2,(H,21,23). The Bertz CT molecular complexity index is 717. The van der Waals surface area contributed by atoms with Gasteiger partial charge >= 0.3 is 0 Å². The van der Waals surface area contributed by atoms with Crippen molar-refractivity contribution >= 4 is 11.6 Å². The Morgan fingerprint density at radius 2 is 1.96 bits per heavy atom. The molecule has 2 aliphatic heterocycles. The summed E-state index contributed by atoms with van der Waals surface area (Å²) in [4.78, 5) is 13.2. The molecule has 1 unspecified atom stereocenters. The molecule has 1 atom stereocenters. The van der Waals surface area contributed by atoms with Gasteiger partial charge < -0.3 is 14.8 Å². The number of rotatable bonds is 4. The Hall–Kier alpha value is -2.18. The Morgan fingerprint density at radius 3 is 2.68 bits per heavy atom. The van der Waals surface area contributed by atoms with Gasteiger partial charge in [-0.2, -0.15) is 5.10 Å². The van der Waals surface area contributed by atoms with E-state index < -0.39 is 5.41 Å². The SMILES string of the molecule is O=C(Nc1cnn(C2CCOC2)c1)C1(c2ccccc2)CCOCC1. The molecule has 2 aromatic rings. The van der Waals surface area contributed by atoms with Crippen LogP contribution in [0.25, 0.3) is 0 Å². The van der Waals surface area contributed by atoms with Crippen molar-refractivity contribution < 1.29 is 14.3 Å². The van der Waals surface area contributed by atoms with Crippen molar-refractivity contribution in [1.82, 2.24) is 9.78 Å². The highest BCUT2D eigenvalue weighted by atomic mass is 16.5. The maximum Gasteiger partial charge on any atom is 0.235 e. The van der Waals surface area contributed by atoms with Gasteiger partial charge in [-0.25, -0.2) is 0 Å². The number of carbonyl (C=O) groups excluding carboxylic acids is 1. The zero-order valence-corrected chi connectivity index (χ0v) is 14.2. The van der Waals surface area contributed by atoms with Gasteiger partial charge in [-0.15, -0.1) is 0 Å². The van der Waals surface area contributed by atoms with Crippen LogP contribution in [0.2, 0.25) is 0 Å². The maximum atomic E-state index is 13.2. The molecule has 1 N–H and O–H groups in total. The average molecular weight is 341 g/mol. The van der Waals surface area contributed by atoms with Gasteiger partial charge in [0.15, 0.2) is 0 Å². The van der Waals surface area contributed by atoms with Crippen LogP contribution in [0.15, 0.2) is 42.7 Å². The summed E-state index contributed by atoms with van der Waals surface area (Å²) in [7, 11) is 0. The predicted octanol–water partition coefficient (Wildman–Crippen LogP) is 2.53. The third kappa shape index (κ3) is 3.19. The van der Waals surface area contributed by atoms with E-state index >= 15 is 0 Å². The van der Waals surface area contributed by atoms with Gasteiger partial charge in [0.25, 0.3) is 0 Å². The number of amides is 1. The van der Waals surface area contributed by atoms with E-state index in [4.69, 9.17) is 9.47 Å². The number of aromatic nitrogens is 2. The fourth-order valence-electron chi connectivity index (χ4n) is 3.71. The van der Waals surface area contributed by atoms with Crippen molar-refractivity contribution in [3.05, 3.63) is 48.3 Å². The minimum absolute atomic E-state index is 0.0178. The normalized spacial score (nSPS) is 22.6. The van der Waals surface area contributed by atoms with Crippen molar-refractivity contribution in [2.45, 2.75) is 30.7 Å². The fraction of sp³-hybridized carbons (Fsp3) is 0.474. The monoisotopic (exact) mass is 341 g/mol. The molecule has 2 saturated heterocycles. The summed E-state index contributed by atoms with van der Waals surface area (Å²) in [5.74, 6) is 0.0178. The lowest BCUT2D eigenvalue weighted by molar-refractivity contribution is -0.125. The van der Waals surface area contributed by atoms with Gasteiger partial charge in [-0.3, -0.25) is 9.48 Å². The molecule has 25 heavy (non-hydrogen) atoms. The van der Waals surface area contributed by atoms with Crippen LogP contribution in [-0.4, -0.2) is 42.1 Å². The summed E-state index contributed by atoms with van der Waals surface area (Å²) < 4.78 is 12.8. The average Bonchev–Trinajstić information content (AvgIpc) is 3.34. The second-order valence-electron chi connectivity index (χ2n) is 6.74. The molecule has 1 aromatic heterocycles. The minimum Gasteiger partial charge on any atom is -0.381 e. The highest BCUT2D eigenvalue weighted by molar-refractivity contribution is 5.99. The molecule has 132 valence electrons. The molecule has 1 amide bonds. The molecular weight excluding hydrogens is 318 g/mol. The van der Waals surface area contributed by atoms with Crippen LogP contribution in [0.3, 0.4) is 0 Å². The molecule has 0 bridgehead atoms. The summed E-state index contributed by atoms with van der Waals surface area (Å²) in [6, 6.07) is 10.3. The van der Waals surface area contributed by atoms with Crippen molar-refractivity contribution in [2.75, 3.05) is 31.7 Å². The zero-order chi connectivity index (χ0) is 17.1. The van der Waals surface area contributed by atoms with Crippen LogP contribution in [0.1, 0.15) is 30.9 Å². The van der Waals surface area contributed by atoms with Gasteiger partial charge in [0.05, 0.1) is 29.9 Å². The minimum atomic E-state index is -0.544. The first-order chi connectivity index (χ1) is 12.3. The van der Waals surface area contributed by atoms with Crippen LogP contribution >= 0.6 is 0 Å². The Balaban J connectivity index is 1.55. The Labute approximate surface area is 147 Å². The highest BCUT2D eigenvalue weighted by Crippen LogP contribution is 2.36. The van der Waals surface area contributed by atoms with Crippen LogP contribution in [0.5, 0.6) is 0 Å². The van der Waals surface area contributed by atoms with E-state index in [0.29, 0.717) is 32.7 Å². The third-order valence-electron chi connectivity index (χ3n) is 5.25. The first-order valence-electron chi connectivity index (χ1n) is 8.85. The van der Waals surface area contributed by atoms with Crippen LogP contribution in [-0.2, 0) is 19.7 Å². The molecule has 2 aliphatic rings. The van der Waals surface area contributed by atoms with E-state index in [9.17, 15) is 4.79 Å². The molecule has 4 rings (SSSR count). The number of nitrogens with zero attached hydrogens (tertiary/aromatic N) is 2. The van der Waals surface area contributed by atoms with Crippen LogP contribution in [0, 0.1) is 0 Å². The lowest BCUT2D eigenvalue weighted by atomic mass is 9.73. The summed E-state index contributed by atoms with van der Waals surface area (Å²) in [6.45, 7) is 2.64. The largest absolute Gasteiger partial charge is 0.381 e. The summed E-state index contributed by atoms with van der Waals surface area (Å²) in [5.41, 5.74) is 1.24. The maximum absolute atomic E-state index is 13.2. The fourth-order valence-corrected chi connectivity index (χ4v) is 3.71. The van der Waals surface area contributed by atoms with E-state index in [1.165, 1.54) is 0 Å². The molecule has 0 aliphatic carbocycles. The lowest BCUT2D eigenvalue weighted by Crippen LogP contribution is -2.44. The lowest BCUT2D eigenvalue weighted by Gasteiger charge is -2.36. The molecule has 2 fully saturated rings. The number of anilines is 1. The second kappa shape index (κ2) is 6.98. The van der Waals surface area contributed by atoms with Crippen molar-refractivity contribution in [2.24, 2.45) is 0 Å². The van der Waals surface area contributed by atoms with Crippen LogP contribution in [0.4, 0.5) is 5.69 Å². The second-order valence-corrected chi connectivity index (χ2v) is 6.74. The summed E-state index contributed by atoms with van der Waals surface area (Å²) in [5, 5.41) is 7.47. The van der Waals surface area contributed by atoms with Gasteiger partial charge in [-0.05, 0) is 24.8 Å². The third-order valence-corrected chi connectivity index (χ3v) is 5.25. The van der Waals surface area contributed by atoms with Crippen LogP contribution < -0.4 is 5.32 Å². The molecule has 3 heterocycles. The number of benzene rings is 1. The molecule has 1 aromatic carbocycles. The zero-order valence-electron chi connectivity index (χ0n) is 14.2. The van der Waals surface area contributed by atoms with Crippen molar-refractivity contribution in [3.8, 4) is 0 Å². The van der Waals surface area contributed by atoms with E-state index in [1.807, 2.05) is 41.2 Å². The summed E-state index contributed by atoms with van der Waals surface area (Å²) >= 11 is 0. The summed E-state index contributed by atoms with van der Waals surface area (Å²) in [6.07, 6.45) is 5.95. The molecular formula is C19H23N3O3. The van der Waals surface area contributed by atoms with Gasteiger partial charge in [0, 0.05) is 26.0 Å². The number of hydrogen-bond acceptors (Lipinski definition) is 4. The van der Waals surface area contributed by atoms with Crippen molar-refractivity contribution in [1.29, 1.82) is 0 Å². The number of ether oxygens (including phenoxy) is 2. The number of carbonyl (C=O) groups is 1. The van der Waals surface area contributed by atoms with E-state index in [-0.39, 0.29) is 11.9 Å². The van der Waals surface area contributed by atoms with Gasteiger partial charge in [-0.1, -0.05) is 30.3 Å². The van der Waals surface area contributed by atoms with E-state index in [1.54, 1.807) is 6.20 Å². The van der Waals surface area contributed by atoms with E-state index in [0.717, 1.165) is 24.3 Å². The quantitative estimate of drug-likeness (QED) is 0.928. The molecule has 0 radical (unpaired) electrons. The highest BCUT2D eigenvalue weighted by Gasteiger charge is 2.41. The Kier molecular flexibility index (Phi) is 4.55. The van der Waals surface area contributed by atoms with E-state index in [2.05, 4.69) is 10.4 Å². The van der Waals surface area contributed by atoms with Gasteiger partial charge in [0.2, 0.25) is 5.91 Å². The number of hydrogen-bond donors (Lipinski definition) is 1. The van der Waals surface area contributed by atoms with Gasteiger partial charge in [0.1, 0.15) is 0 Å². The Morgan fingerprint density at radius 1 is 1.16 bits per heavy atom. The first-order valence-corrected chi connectivity index (χ1v) is 8.85. The topological polar surface area (TPSA) is 65.4 Å². The molecule has 6 heteroatoms. The predicted molar refractivity (Wildman–Crippen MR) is 93.5 cm³/mol. The van der Waals surface area contributed by atoms with Crippen molar-refractivity contribution in [3.63, 3.8) is 0 Å². The number of nitrogens with one attached hydrogen (secondary N) is 1. The molecule has 0 saturated carbocycles. The molecule has 0 spiro atoms. The molecule has 6 nitrogen and oxygen atoms in total.